The van der Waals surface area contributed by atoms with Gasteiger partial charge in [0.25, 0.3) is 0 Å². The van der Waals surface area contributed by atoms with Crippen LogP contribution >= 0.6 is 0 Å². The zero-order valence-electron chi connectivity index (χ0n) is 13.5. The van der Waals surface area contributed by atoms with Crippen molar-refractivity contribution in [3.8, 4) is 0 Å². The fraction of sp³-hybridized carbons (Fsp3) is 0.789. The van der Waals surface area contributed by atoms with E-state index in [1.54, 1.807) is 0 Å². The van der Waals surface area contributed by atoms with Gasteiger partial charge < -0.3 is 5.11 Å². The maximum Gasteiger partial charge on any atom is 0.221 e. The number of allylic oxidation sites excluding steroid dienone is 2. The van der Waals surface area contributed by atoms with Crippen molar-refractivity contribution in [3.63, 3.8) is 0 Å². The summed E-state index contributed by atoms with van der Waals surface area (Å²) in [6.07, 6.45) is 9.49. The Kier molecular flexibility index (Phi) is 3.01. The standard InChI is InChI=1S/C19H26O3/c1-18-9-3-4-13(18)12-7-5-11-6-8-14(20)17(22)19(11,2)16(12)15(21)10-18/h6,8,11-13,15-16,21H,3-5,7,9-10H2,1-2H3/t11?,12-,13-,15-,16+,18-,19-/m0/s1. The van der Waals surface area contributed by atoms with Gasteiger partial charge in [-0.2, -0.15) is 0 Å². The zero-order chi connectivity index (χ0) is 15.7. The van der Waals surface area contributed by atoms with Gasteiger partial charge in [0.2, 0.25) is 11.6 Å². The van der Waals surface area contributed by atoms with Crippen molar-refractivity contribution in [2.45, 2.75) is 58.5 Å². The van der Waals surface area contributed by atoms with Crippen LogP contribution < -0.4 is 0 Å². The van der Waals surface area contributed by atoms with E-state index in [9.17, 15) is 14.7 Å². The summed E-state index contributed by atoms with van der Waals surface area (Å²) in [6.45, 7) is 4.28. The van der Waals surface area contributed by atoms with Crippen molar-refractivity contribution in [1.29, 1.82) is 0 Å². The lowest BCUT2D eigenvalue weighted by molar-refractivity contribution is -0.169. The highest BCUT2D eigenvalue weighted by atomic mass is 16.3. The van der Waals surface area contributed by atoms with Crippen LogP contribution in [0, 0.1) is 34.5 Å². The Bertz CT molecular complexity index is 565. The minimum atomic E-state index is -0.682. The fourth-order valence-corrected chi connectivity index (χ4v) is 6.69. The third-order valence-electron chi connectivity index (χ3n) is 7.69. The number of carbonyl (C=O) groups excluding carboxylic acids is 2. The molecule has 0 amide bonds. The predicted octanol–water partition coefficient (Wildman–Crippen LogP) is 2.91. The third kappa shape index (κ3) is 1.66. The molecule has 3 nitrogen and oxygen atoms in total. The molecule has 22 heavy (non-hydrogen) atoms. The maximum atomic E-state index is 12.7. The highest BCUT2D eigenvalue weighted by molar-refractivity contribution is 6.44. The van der Waals surface area contributed by atoms with Crippen molar-refractivity contribution in [3.05, 3.63) is 12.2 Å². The molecule has 0 aromatic rings. The highest BCUT2D eigenvalue weighted by Crippen LogP contribution is 2.64. The van der Waals surface area contributed by atoms with Gasteiger partial charge in [-0.3, -0.25) is 9.59 Å². The van der Waals surface area contributed by atoms with Crippen molar-refractivity contribution >= 4 is 11.6 Å². The molecule has 0 aliphatic heterocycles. The quantitative estimate of drug-likeness (QED) is 0.700. The number of hydrogen-bond donors (Lipinski definition) is 1. The van der Waals surface area contributed by atoms with Crippen molar-refractivity contribution in [2.75, 3.05) is 0 Å². The second-order valence-electron chi connectivity index (χ2n) is 8.63. The van der Waals surface area contributed by atoms with Crippen LogP contribution in [-0.2, 0) is 9.59 Å². The molecule has 4 aliphatic carbocycles. The first-order valence-electron chi connectivity index (χ1n) is 8.83. The van der Waals surface area contributed by atoms with E-state index in [1.165, 1.54) is 25.3 Å². The van der Waals surface area contributed by atoms with Crippen LogP contribution in [0.25, 0.3) is 0 Å². The highest BCUT2D eigenvalue weighted by Gasteiger charge is 2.63. The van der Waals surface area contributed by atoms with E-state index >= 15 is 0 Å². The van der Waals surface area contributed by atoms with E-state index in [0.29, 0.717) is 11.8 Å². The smallest absolute Gasteiger partial charge is 0.221 e. The first-order valence-corrected chi connectivity index (χ1v) is 8.83. The Labute approximate surface area is 132 Å². The fourth-order valence-electron chi connectivity index (χ4n) is 6.69. The number of fused-ring (bicyclic) bond motifs is 5. The van der Waals surface area contributed by atoms with Gasteiger partial charge in [-0.05, 0) is 61.3 Å². The summed E-state index contributed by atoms with van der Waals surface area (Å²) in [4.78, 5) is 24.7. The molecule has 3 saturated carbocycles. The van der Waals surface area contributed by atoms with Crippen molar-refractivity contribution in [1.82, 2.24) is 0 Å². The molecule has 1 N–H and O–H groups in total. The summed E-state index contributed by atoms with van der Waals surface area (Å²) in [6, 6.07) is 0. The van der Waals surface area contributed by atoms with Crippen molar-refractivity contribution < 1.29 is 14.7 Å². The lowest BCUT2D eigenvalue weighted by Crippen LogP contribution is -2.61. The molecule has 120 valence electrons. The van der Waals surface area contributed by atoms with Gasteiger partial charge in [0.05, 0.1) is 6.10 Å². The Morgan fingerprint density at radius 1 is 1.18 bits per heavy atom. The van der Waals surface area contributed by atoms with Crippen LogP contribution in [0.15, 0.2) is 12.2 Å². The zero-order valence-corrected chi connectivity index (χ0v) is 13.5. The van der Waals surface area contributed by atoms with Gasteiger partial charge >= 0.3 is 0 Å². The number of ketones is 2. The first kappa shape index (κ1) is 14.6. The van der Waals surface area contributed by atoms with Crippen LogP contribution in [-0.4, -0.2) is 22.8 Å². The Balaban J connectivity index is 1.79. The topological polar surface area (TPSA) is 54.4 Å². The normalized spacial score (nSPS) is 53.9. The molecule has 4 aliphatic rings. The Hall–Kier alpha value is -0.960. The van der Waals surface area contributed by atoms with E-state index in [4.69, 9.17) is 0 Å². The molecule has 0 spiro atoms. The number of hydrogen-bond acceptors (Lipinski definition) is 3. The van der Waals surface area contributed by atoms with Gasteiger partial charge in [-0.1, -0.05) is 26.3 Å². The second kappa shape index (κ2) is 4.53. The molecule has 0 aromatic heterocycles. The van der Waals surface area contributed by atoms with Crippen molar-refractivity contribution in [2.24, 2.45) is 34.5 Å². The molecular formula is C19H26O3. The predicted molar refractivity (Wildman–Crippen MR) is 83.0 cm³/mol. The lowest BCUT2D eigenvalue weighted by atomic mass is 9.45. The molecule has 7 atom stereocenters. The summed E-state index contributed by atoms with van der Waals surface area (Å²) < 4.78 is 0. The van der Waals surface area contributed by atoms with Crippen LogP contribution in [0.5, 0.6) is 0 Å². The monoisotopic (exact) mass is 302 g/mol. The van der Waals surface area contributed by atoms with Gasteiger partial charge in [0.1, 0.15) is 0 Å². The Morgan fingerprint density at radius 3 is 2.73 bits per heavy atom. The molecule has 3 heteroatoms. The largest absolute Gasteiger partial charge is 0.393 e. The van der Waals surface area contributed by atoms with E-state index < -0.39 is 11.5 Å². The maximum absolute atomic E-state index is 12.7. The van der Waals surface area contributed by atoms with Crippen LogP contribution in [0.4, 0.5) is 0 Å². The molecule has 0 saturated heterocycles. The summed E-state index contributed by atoms with van der Waals surface area (Å²) in [5.74, 6) is 0.484. The minimum absolute atomic E-state index is 0.0381. The second-order valence-corrected chi connectivity index (χ2v) is 8.63. The number of aliphatic hydroxyl groups excluding tert-OH is 1. The van der Waals surface area contributed by atoms with Crippen LogP contribution in [0.3, 0.4) is 0 Å². The van der Waals surface area contributed by atoms with E-state index in [1.807, 2.05) is 13.0 Å². The first-order chi connectivity index (χ1) is 10.4. The number of carbonyl (C=O) groups is 2. The number of Topliss-reactive ketones (excluding diaryl/α,β-unsaturated/α-hetero) is 1. The van der Waals surface area contributed by atoms with Gasteiger partial charge in [0, 0.05) is 11.3 Å². The SMILES string of the molecule is C[C@@]12CCC[C@H]1[C@@H]1CCC3C=CC(=O)C(=O)[C@]3(C)[C@H]1[C@@H](O)C2. The van der Waals surface area contributed by atoms with Crippen LogP contribution in [0.2, 0.25) is 0 Å². The van der Waals surface area contributed by atoms with Gasteiger partial charge in [-0.25, -0.2) is 0 Å². The molecular weight excluding hydrogens is 276 g/mol. The molecule has 4 rings (SSSR count). The summed E-state index contributed by atoms with van der Waals surface area (Å²) >= 11 is 0. The molecule has 3 fully saturated rings. The van der Waals surface area contributed by atoms with E-state index in [0.717, 1.165) is 19.3 Å². The van der Waals surface area contributed by atoms with E-state index in [2.05, 4.69) is 6.92 Å². The number of rotatable bonds is 0. The van der Waals surface area contributed by atoms with Gasteiger partial charge in [0.15, 0.2) is 0 Å². The number of aliphatic hydroxyl groups is 1. The lowest BCUT2D eigenvalue weighted by Gasteiger charge is -2.59. The summed E-state index contributed by atoms with van der Waals surface area (Å²) in [7, 11) is 0. The molecule has 0 radical (unpaired) electrons. The molecule has 0 bridgehead atoms. The average Bonchev–Trinajstić information content (AvgIpc) is 2.85. The van der Waals surface area contributed by atoms with Gasteiger partial charge in [-0.15, -0.1) is 0 Å². The molecule has 1 unspecified atom stereocenters. The summed E-state index contributed by atoms with van der Waals surface area (Å²) in [5, 5.41) is 10.9. The molecule has 0 heterocycles. The molecule has 0 aromatic carbocycles. The van der Waals surface area contributed by atoms with E-state index in [-0.39, 0.29) is 28.8 Å². The van der Waals surface area contributed by atoms with Crippen LogP contribution in [0.1, 0.15) is 52.4 Å². The minimum Gasteiger partial charge on any atom is -0.393 e. The Morgan fingerprint density at radius 2 is 1.95 bits per heavy atom. The summed E-state index contributed by atoms with van der Waals surface area (Å²) in [5.41, 5.74) is -0.445. The third-order valence-corrected chi connectivity index (χ3v) is 7.69. The average molecular weight is 302 g/mol.